The SMILES string of the molecule is O=C(O)Cc1ccc(-c2csc(COCC(F)(F)F)n2)s1. The summed E-state index contributed by atoms with van der Waals surface area (Å²) >= 11 is 2.50. The van der Waals surface area contributed by atoms with Crippen LogP contribution in [0.15, 0.2) is 17.5 Å². The van der Waals surface area contributed by atoms with Crippen molar-refractivity contribution in [1.29, 1.82) is 0 Å². The second kappa shape index (κ2) is 6.54. The third kappa shape index (κ3) is 5.10. The lowest BCUT2D eigenvalue weighted by molar-refractivity contribution is -0.176. The molecule has 0 aliphatic heterocycles. The molecule has 2 heterocycles. The van der Waals surface area contributed by atoms with Gasteiger partial charge in [-0.25, -0.2) is 4.98 Å². The van der Waals surface area contributed by atoms with Crippen molar-refractivity contribution in [2.24, 2.45) is 0 Å². The Bertz CT molecular complexity index is 621. The Morgan fingerprint density at radius 1 is 1.38 bits per heavy atom. The third-order valence-electron chi connectivity index (χ3n) is 2.28. The first kappa shape index (κ1) is 15.9. The maximum absolute atomic E-state index is 11.9. The number of carboxylic acids is 1. The molecule has 2 aromatic heterocycles. The Morgan fingerprint density at radius 3 is 2.81 bits per heavy atom. The monoisotopic (exact) mass is 337 g/mol. The minimum atomic E-state index is -4.35. The van der Waals surface area contributed by atoms with Gasteiger partial charge in [0.25, 0.3) is 0 Å². The summed E-state index contributed by atoms with van der Waals surface area (Å²) in [4.78, 5) is 16.3. The molecule has 0 atom stereocenters. The number of hydrogen-bond donors (Lipinski definition) is 1. The molecule has 0 bridgehead atoms. The van der Waals surface area contributed by atoms with Gasteiger partial charge in [-0.3, -0.25) is 4.79 Å². The number of ether oxygens (including phenoxy) is 1. The Labute approximate surface area is 125 Å². The number of aliphatic carboxylic acids is 1. The zero-order valence-electron chi connectivity index (χ0n) is 10.5. The largest absolute Gasteiger partial charge is 0.481 e. The van der Waals surface area contributed by atoms with Crippen LogP contribution in [0, 0.1) is 0 Å². The molecule has 0 amide bonds. The molecule has 9 heteroatoms. The van der Waals surface area contributed by atoms with Crippen LogP contribution >= 0.6 is 22.7 Å². The third-order valence-corrected chi connectivity index (χ3v) is 4.21. The normalized spacial score (nSPS) is 11.8. The van der Waals surface area contributed by atoms with Crippen LogP contribution in [0.25, 0.3) is 10.6 Å². The zero-order chi connectivity index (χ0) is 15.5. The van der Waals surface area contributed by atoms with Crippen molar-refractivity contribution >= 4 is 28.6 Å². The maximum atomic E-state index is 11.9. The number of aromatic nitrogens is 1. The molecular formula is C12H10F3NO3S2. The van der Waals surface area contributed by atoms with E-state index in [1.165, 1.54) is 22.7 Å². The molecule has 0 aliphatic carbocycles. The van der Waals surface area contributed by atoms with Gasteiger partial charge in [0, 0.05) is 10.3 Å². The van der Waals surface area contributed by atoms with Gasteiger partial charge >= 0.3 is 12.1 Å². The molecule has 0 aliphatic rings. The highest BCUT2D eigenvalue weighted by atomic mass is 32.1. The molecule has 114 valence electrons. The van der Waals surface area contributed by atoms with Crippen molar-refractivity contribution in [1.82, 2.24) is 4.98 Å². The summed E-state index contributed by atoms with van der Waals surface area (Å²) in [7, 11) is 0. The molecule has 0 saturated heterocycles. The zero-order valence-corrected chi connectivity index (χ0v) is 12.1. The van der Waals surface area contributed by atoms with Gasteiger partial charge in [0.2, 0.25) is 0 Å². The maximum Gasteiger partial charge on any atom is 0.411 e. The fourth-order valence-electron chi connectivity index (χ4n) is 1.50. The Hall–Kier alpha value is -1.45. The van der Waals surface area contributed by atoms with E-state index in [9.17, 15) is 18.0 Å². The van der Waals surface area contributed by atoms with Gasteiger partial charge in [-0.05, 0) is 12.1 Å². The summed E-state index contributed by atoms with van der Waals surface area (Å²) in [6.07, 6.45) is -4.41. The smallest absolute Gasteiger partial charge is 0.411 e. The van der Waals surface area contributed by atoms with Crippen LogP contribution < -0.4 is 0 Å². The molecule has 4 nitrogen and oxygen atoms in total. The molecule has 0 spiro atoms. The number of rotatable bonds is 6. The van der Waals surface area contributed by atoms with Gasteiger partial charge in [-0.1, -0.05) is 0 Å². The number of hydrogen-bond acceptors (Lipinski definition) is 5. The molecule has 21 heavy (non-hydrogen) atoms. The van der Waals surface area contributed by atoms with Crippen LogP contribution in [-0.4, -0.2) is 28.8 Å². The van der Waals surface area contributed by atoms with E-state index in [-0.39, 0.29) is 13.0 Å². The first-order chi connectivity index (χ1) is 9.83. The molecular weight excluding hydrogens is 327 g/mol. The lowest BCUT2D eigenvalue weighted by atomic mass is 10.3. The van der Waals surface area contributed by atoms with Crippen molar-refractivity contribution in [2.75, 3.05) is 6.61 Å². The summed E-state index contributed by atoms with van der Waals surface area (Å²) in [5.74, 6) is -0.914. The predicted octanol–water partition coefficient (Wildman–Crippen LogP) is 3.58. The van der Waals surface area contributed by atoms with Crippen LogP contribution in [0.5, 0.6) is 0 Å². The second-order valence-corrected chi connectivity index (χ2v) is 6.18. The number of alkyl halides is 3. The quantitative estimate of drug-likeness (QED) is 0.875. The first-order valence-corrected chi connectivity index (χ1v) is 7.43. The van der Waals surface area contributed by atoms with Crippen LogP contribution in [0.4, 0.5) is 13.2 Å². The molecule has 1 N–H and O–H groups in total. The number of carbonyl (C=O) groups is 1. The van der Waals surface area contributed by atoms with Gasteiger partial charge in [-0.2, -0.15) is 13.2 Å². The van der Waals surface area contributed by atoms with Crippen LogP contribution in [-0.2, 0) is 22.6 Å². The highest BCUT2D eigenvalue weighted by molar-refractivity contribution is 7.16. The van der Waals surface area contributed by atoms with Gasteiger partial charge in [0.05, 0.1) is 23.6 Å². The molecule has 2 rings (SSSR count). The van der Waals surface area contributed by atoms with Crippen molar-refractivity contribution in [3.63, 3.8) is 0 Å². The fourth-order valence-corrected chi connectivity index (χ4v) is 3.27. The molecule has 0 saturated carbocycles. The van der Waals surface area contributed by atoms with E-state index in [0.717, 1.165) is 4.88 Å². The van der Waals surface area contributed by atoms with E-state index in [2.05, 4.69) is 9.72 Å². The minimum Gasteiger partial charge on any atom is -0.481 e. The Balaban J connectivity index is 1.96. The van der Waals surface area contributed by atoms with Crippen LogP contribution in [0.1, 0.15) is 9.88 Å². The Kier molecular flexibility index (Phi) is 4.96. The van der Waals surface area contributed by atoms with E-state index < -0.39 is 18.8 Å². The van der Waals surface area contributed by atoms with Crippen molar-refractivity contribution in [2.45, 2.75) is 19.2 Å². The molecule has 0 aromatic carbocycles. The van der Waals surface area contributed by atoms with Crippen molar-refractivity contribution in [3.05, 3.63) is 27.4 Å². The lowest BCUT2D eigenvalue weighted by Gasteiger charge is -2.05. The highest BCUT2D eigenvalue weighted by Gasteiger charge is 2.27. The average Bonchev–Trinajstić information content (AvgIpc) is 2.95. The van der Waals surface area contributed by atoms with Crippen molar-refractivity contribution < 1.29 is 27.8 Å². The fraction of sp³-hybridized carbons (Fsp3) is 0.333. The summed E-state index contributed by atoms with van der Waals surface area (Å²) in [5.41, 5.74) is 0.618. The van der Waals surface area contributed by atoms with Crippen LogP contribution in [0.3, 0.4) is 0 Å². The topological polar surface area (TPSA) is 59.4 Å². The number of carboxylic acid groups (broad SMARTS) is 1. The molecule has 0 radical (unpaired) electrons. The number of nitrogens with zero attached hydrogens (tertiary/aromatic N) is 1. The number of thiazole rings is 1. The highest BCUT2D eigenvalue weighted by Crippen LogP contribution is 2.29. The first-order valence-electron chi connectivity index (χ1n) is 5.73. The van der Waals surface area contributed by atoms with Crippen LogP contribution in [0.2, 0.25) is 0 Å². The van der Waals surface area contributed by atoms with E-state index in [0.29, 0.717) is 15.6 Å². The van der Waals surface area contributed by atoms with Gasteiger partial charge in [-0.15, -0.1) is 22.7 Å². The standard InChI is InChI=1S/C12H10F3NO3S2/c13-12(14,15)6-19-4-10-16-8(5-20-10)9-2-1-7(21-9)3-11(17)18/h1-2,5H,3-4,6H2,(H,17,18). The lowest BCUT2D eigenvalue weighted by Crippen LogP contribution is -2.16. The summed E-state index contributed by atoms with van der Waals surface area (Å²) in [6.45, 7) is -1.50. The number of thiophene rings is 1. The number of halogens is 3. The van der Waals surface area contributed by atoms with Gasteiger partial charge < -0.3 is 9.84 Å². The van der Waals surface area contributed by atoms with E-state index >= 15 is 0 Å². The summed E-state index contributed by atoms with van der Waals surface area (Å²) in [5, 5.41) is 10.9. The van der Waals surface area contributed by atoms with E-state index in [1.54, 1.807) is 17.5 Å². The van der Waals surface area contributed by atoms with Gasteiger partial charge in [0.15, 0.2) is 0 Å². The Morgan fingerprint density at radius 2 is 2.14 bits per heavy atom. The molecule has 2 aromatic rings. The molecule has 0 fully saturated rings. The summed E-state index contributed by atoms with van der Waals surface area (Å²) < 4.78 is 40.4. The summed E-state index contributed by atoms with van der Waals surface area (Å²) in [6, 6.07) is 3.45. The van der Waals surface area contributed by atoms with Crippen molar-refractivity contribution in [3.8, 4) is 10.6 Å². The van der Waals surface area contributed by atoms with E-state index in [1.807, 2.05) is 0 Å². The second-order valence-electron chi connectivity index (χ2n) is 4.07. The average molecular weight is 337 g/mol. The van der Waals surface area contributed by atoms with E-state index in [4.69, 9.17) is 5.11 Å². The molecule has 0 unspecified atom stereocenters. The predicted molar refractivity (Wildman–Crippen MR) is 72.5 cm³/mol. The minimum absolute atomic E-state index is 0.0592. The van der Waals surface area contributed by atoms with Gasteiger partial charge in [0.1, 0.15) is 11.6 Å².